The van der Waals surface area contributed by atoms with Crippen molar-refractivity contribution in [3.8, 4) is 0 Å². The summed E-state index contributed by atoms with van der Waals surface area (Å²) < 4.78 is 1.46. The molecule has 1 aliphatic rings. The van der Waals surface area contributed by atoms with Crippen molar-refractivity contribution >= 4 is 11.6 Å². The lowest BCUT2D eigenvalue weighted by molar-refractivity contribution is -0.125. The molecule has 0 spiro atoms. The average molecular weight is 403 g/mol. The van der Waals surface area contributed by atoms with Crippen molar-refractivity contribution in [2.24, 2.45) is 5.92 Å². The summed E-state index contributed by atoms with van der Waals surface area (Å²) in [4.78, 5) is 31.3. The molecule has 1 fully saturated rings. The van der Waals surface area contributed by atoms with Crippen LogP contribution in [0.5, 0.6) is 0 Å². The van der Waals surface area contributed by atoms with Gasteiger partial charge in [0, 0.05) is 38.1 Å². The zero-order chi connectivity index (χ0) is 20.8. The molecule has 154 valence electrons. The molecule has 4 rings (SSSR count). The van der Waals surface area contributed by atoms with Crippen LogP contribution in [-0.2, 0) is 17.9 Å². The van der Waals surface area contributed by atoms with Gasteiger partial charge in [0.05, 0.1) is 24.3 Å². The first kappa shape index (κ1) is 19.8. The molecule has 3 aromatic rings. The first-order chi connectivity index (χ1) is 14.7. The van der Waals surface area contributed by atoms with E-state index in [1.165, 1.54) is 4.68 Å². The molecule has 7 nitrogen and oxygen atoms in total. The highest BCUT2D eigenvalue weighted by molar-refractivity contribution is 5.79. The number of amides is 1. The number of nitrogens with one attached hydrogen (secondary N) is 1. The quantitative estimate of drug-likeness (QED) is 0.683. The van der Waals surface area contributed by atoms with Crippen molar-refractivity contribution < 1.29 is 4.79 Å². The Morgan fingerprint density at radius 3 is 2.67 bits per heavy atom. The number of anilines is 1. The van der Waals surface area contributed by atoms with Crippen LogP contribution in [0, 0.1) is 5.92 Å². The van der Waals surface area contributed by atoms with Crippen LogP contribution in [0.2, 0.25) is 0 Å². The number of piperidine rings is 1. The molecule has 1 saturated heterocycles. The molecule has 0 bridgehead atoms. The Labute approximate surface area is 175 Å². The molecule has 1 amide bonds. The normalized spacial score (nSPS) is 16.3. The number of benzene rings is 1. The van der Waals surface area contributed by atoms with E-state index >= 15 is 0 Å². The molecule has 3 heterocycles. The molecule has 0 saturated carbocycles. The molecule has 1 atom stereocenters. The van der Waals surface area contributed by atoms with Gasteiger partial charge in [-0.15, -0.1) is 0 Å². The third-order valence-electron chi connectivity index (χ3n) is 5.40. The van der Waals surface area contributed by atoms with Crippen LogP contribution < -0.4 is 15.8 Å². The molecule has 1 N–H and O–H groups in total. The maximum atomic E-state index is 12.6. The molecular weight excluding hydrogens is 378 g/mol. The maximum Gasteiger partial charge on any atom is 0.269 e. The Morgan fingerprint density at radius 2 is 1.90 bits per heavy atom. The molecule has 1 aromatic carbocycles. The summed E-state index contributed by atoms with van der Waals surface area (Å²) in [5.74, 6) is -0.0609. The van der Waals surface area contributed by atoms with Gasteiger partial charge in [0.15, 0.2) is 0 Å². The standard InChI is InChI=1S/C23H25N5O2/c29-22-13-21(15-26-28(22)16-19-5-2-1-3-6-19)27-12-4-7-20(17-27)23(30)25-14-18-8-10-24-11-9-18/h1-3,5-6,8-11,13,15,20H,4,7,12,14,16-17H2,(H,25,30)/t20-/m1/s1. The van der Waals surface area contributed by atoms with Gasteiger partial charge in [-0.3, -0.25) is 14.6 Å². The van der Waals surface area contributed by atoms with E-state index in [-0.39, 0.29) is 17.4 Å². The lowest BCUT2D eigenvalue weighted by Gasteiger charge is -2.33. The van der Waals surface area contributed by atoms with E-state index in [0.29, 0.717) is 19.6 Å². The molecule has 1 aliphatic heterocycles. The van der Waals surface area contributed by atoms with E-state index in [9.17, 15) is 9.59 Å². The number of carbonyl (C=O) groups excluding carboxylic acids is 1. The van der Waals surface area contributed by atoms with Gasteiger partial charge in [-0.05, 0) is 36.1 Å². The van der Waals surface area contributed by atoms with Crippen LogP contribution in [0.4, 0.5) is 5.69 Å². The Bertz CT molecular complexity index is 1040. The second-order valence-electron chi connectivity index (χ2n) is 7.55. The van der Waals surface area contributed by atoms with Crippen molar-refractivity contribution in [1.29, 1.82) is 0 Å². The van der Waals surface area contributed by atoms with Gasteiger partial charge in [0.25, 0.3) is 5.56 Å². The third kappa shape index (κ3) is 4.92. The molecule has 30 heavy (non-hydrogen) atoms. The van der Waals surface area contributed by atoms with Gasteiger partial charge >= 0.3 is 0 Å². The van der Waals surface area contributed by atoms with E-state index in [4.69, 9.17) is 0 Å². The molecule has 0 radical (unpaired) electrons. The van der Waals surface area contributed by atoms with Gasteiger partial charge in [0.2, 0.25) is 5.91 Å². The van der Waals surface area contributed by atoms with Crippen LogP contribution in [0.1, 0.15) is 24.0 Å². The zero-order valence-electron chi connectivity index (χ0n) is 16.8. The van der Waals surface area contributed by atoms with Gasteiger partial charge in [0.1, 0.15) is 0 Å². The number of aromatic nitrogens is 3. The zero-order valence-corrected chi connectivity index (χ0v) is 16.8. The number of rotatable bonds is 6. The van der Waals surface area contributed by atoms with E-state index in [0.717, 1.165) is 36.2 Å². The lowest BCUT2D eigenvalue weighted by atomic mass is 9.96. The molecule has 0 aliphatic carbocycles. The fourth-order valence-electron chi connectivity index (χ4n) is 3.73. The number of hydrogen-bond acceptors (Lipinski definition) is 5. The van der Waals surface area contributed by atoms with E-state index in [2.05, 4.69) is 20.3 Å². The predicted octanol–water partition coefficient (Wildman–Crippen LogP) is 2.22. The third-order valence-corrected chi connectivity index (χ3v) is 5.40. The van der Waals surface area contributed by atoms with E-state index in [1.54, 1.807) is 24.7 Å². The largest absolute Gasteiger partial charge is 0.369 e. The first-order valence-corrected chi connectivity index (χ1v) is 10.2. The number of carbonyl (C=O) groups is 1. The van der Waals surface area contributed by atoms with Crippen LogP contribution in [0.3, 0.4) is 0 Å². The lowest BCUT2D eigenvalue weighted by Crippen LogP contribution is -2.43. The summed E-state index contributed by atoms with van der Waals surface area (Å²) in [6.07, 6.45) is 6.91. The summed E-state index contributed by atoms with van der Waals surface area (Å²) in [6, 6.07) is 15.2. The minimum atomic E-state index is -0.138. The Kier molecular flexibility index (Phi) is 6.17. The average Bonchev–Trinajstić information content (AvgIpc) is 2.80. The monoisotopic (exact) mass is 403 g/mol. The second kappa shape index (κ2) is 9.35. The number of hydrogen-bond donors (Lipinski definition) is 1. The predicted molar refractivity (Wildman–Crippen MR) is 115 cm³/mol. The molecule has 0 unspecified atom stereocenters. The summed E-state index contributed by atoms with van der Waals surface area (Å²) in [5.41, 5.74) is 2.69. The van der Waals surface area contributed by atoms with Crippen molar-refractivity contribution in [3.63, 3.8) is 0 Å². The summed E-state index contributed by atoms with van der Waals surface area (Å²) in [6.45, 7) is 2.35. The smallest absolute Gasteiger partial charge is 0.269 e. The fourth-order valence-corrected chi connectivity index (χ4v) is 3.73. The van der Waals surface area contributed by atoms with Gasteiger partial charge in [-0.25, -0.2) is 4.68 Å². The first-order valence-electron chi connectivity index (χ1n) is 10.2. The van der Waals surface area contributed by atoms with Gasteiger partial charge in [-0.1, -0.05) is 30.3 Å². The highest BCUT2D eigenvalue weighted by Gasteiger charge is 2.26. The minimum Gasteiger partial charge on any atom is -0.369 e. The van der Waals surface area contributed by atoms with Gasteiger partial charge < -0.3 is 10.2 Å². The highest BCUT2D eigenvalue weighted by Crippen LogP contribution is 2.22. The van der Waals surface area contributed by atoms with Crippen LogP contribution >= 0.6 is 0 Å². The number of nitrogens with zero attached hydrogens (tertiary/aromatic N) is 4. The molecular formula is C23H25N5O2. The van der Waals surface area contributed by atoms with Gasteiger partial charge in [-0.2, -0.15) is 5.10 Å². The minimum absolute atomic E-state index is 0.0434. The number of pyridine rings is 1. The highest BCUT2D eigenvalue weighted by atomic mass is 16.2. The van der Waals surface area contributed by atoms with E-state index < -0.39 is 0 Å². The van der Waals surface area contributed by atoms with Crippen molar-refractivity contribution in [2.45, 2.75) is 25.9 Å². The van der Waals surface area contributed by atoms with Crippen LogP contribution in [0.15, 0.2) is 71.9 Å². The SMILES string of the molecule is O=C(NCc1ccncc1)[C@@H]1CCCN(c2cnn(Cc3ccccc3)c(=O)c2)C1. The van der Waals surface area contributed by atoms with Crippen molar-refractivity contribution in [1.82, 2.24) is 20.1 Å². The van der Waals surface area contributed by atoms with Crippen LogP contribution in [0.25, 0.3) is 0 Å². The second-order valence-corrected chi connectivity index (χ2v) is 7.55. The van der Waals surface area contributed by atoms with Crippen molar-refractivity contribution in [2.75, 3.05) is 18.0 Å². The Balaban J connectivity index is 1.38. The van der Waals surface area contributed by atoms with Crippen LogP contribution in [-0.4, -0.2) is 33.8 Å². The van der Waals surface area contributed by atoms with Crippen molar-refractivity contribution in [3.05, 3.63) is 88.6 Å². The maximum absolute atomic E-state index is 12.6. The molecule has 7 heteroatoms. The van der Waals surface area contributed by atoms with E-state index in [1.807, 2.05) is 42.5 Å². The topological polar surface area (TPSA) is 80.1 Å². The summed E-state index contributed by atoms with van der Waals surface area (Å²) in [5, 5.41) is 7.36. The Hall–Kier alpha value is -3.48. The summed E-state index contributed by atoms with van der Waals surface area (Å²) in [7, 11) is 0. The fraction of sp³-hybridized carbons (Fsp3) is 0.304. The summed E-state index contributed by atoms with van der Waals surface area (Å²) >= 11 is 0. The Morgan fingerprint density at radius 1 is 1.10 bits per heavy atom. The molecule has 2 aromatic heterocycles.